The van der Waals surface area contributed by atoms with E-state index in [0.29, 0.717) is 0 Å². The Balaban J connectivity index is 0.800. The minimum Gasteiger partial charge on any atom is -0.477 e. The number of nitrogens with one attached hydrogen (secondary N) is 6. The number of hydrogen-bond donors (Lipinski definition) is 38. The summed E-state index contributed by atoms with van der Waals surface area (Å²) in [6.45, 7) is -9.60. The third kappa shape index (κ3) is 27.1. The third-order valence-corrected chi connectivity index (χ3v) is 26.5. The average molecular weight is 2150 g/mol. The van der Waals surface area contributed by atoms with Crippen LogP contribution in [0.3, 0.4) is 0 Å². The van der Waals surface area contributed by atoms with Gasteiger partial charge in [0.25, 0.3) is 5.79 Å². The van der Waals surface area contributed by atoms with E-state index in [1.54, 1.807) is 0 Å². The maximum Gasteiger partial charge on any atom is 0.364 e. The molecule has 66 heteroatoms. The Kier molecular flexibility index (Phi) is 43.9. The van der Waals surface area contributed by atoms with E-state index in [9.17, 15) is 197 Å². The maximum absolute atomic E-state index is 13.3. The number of rotatable bonds is 41. The van der Waals surface area contributed by atoms with E-state index in [0.717, 1.165) is 34.6 Å². The summed E-state index contributed by atoms with van der Waals surface area (Å²) in [5, 5.41) is 372. The van der Waals surface area contributed by atoms with Gasteiger partial charge in [0.1, 0.15) is 269 Å². The summed E-state index contributed by atoms with van der Waals surface area (Å²) in [5.74, 6) is -11.7. The molecule has 0 aromatic carbocycles. The van der Waals surface area contributed by atoms with Gasteiger partial charge in [-0.3, -0.25) is 28.8 Å². The molecule has 11 aliphatic heterocycles. The topological polar surface area (TPSA) is 1030 Å². The molecule has 0 radical (unpaired) electrons. The monoisotopic (exact) mass is 2150 g/mol. The fraction of sp³-hybridized carbons (Fsp3) is 0.914. The predicted octanol–water partition coefficient (Wildman–Crippen LogP) is -25.9. The molecule has 6 amide bonds. The van der Waals surface area contributed by atoms with Gasteiger partial charge < -0.3 is 295 Å². The van der Waals surface area contributed by atoms with Crippen molar-refractivity contribution in [3.05, 3.63) is 0 Å². The lowest BCUT2D eigenvalue weighted by molar-refractivity contribution is -0.392. The summed E-state index contributed by atoms with van der Waals surface area (Å²) in [4.78, 5) is 90.6. The van der Waals surface area contributed by atoms with Gasteiger partial charge in [0.15, 0.2) is 62.9 Å². The van der Waals surface area contributed by atoms with Crippen molar-refractivity contribution < 1.29 is 296 Å². The van der Waals surface area contributed by atoms with Gasteiger partial charge >= 0.3 is 5.97 Å². The van der Waals surface area contributed by atoms with Gasteiger partial charge in [-0.05, 0) is 0 Å². The Morgan fingerprint density at radius 1 is 0.293 bits per heavy atom. The van der Waals surface area contributed by atoms with Gasteiger partial charge in [-0.15, -0.1) is 0 Å². The lowest BCUT2D eigenvalue weighted by Gasteiger charge is -2.51. The highest BCUT2D eigenvalue weighted by atomic mass is 16.8. The zero-order valence-corrected chi connectivity index (χ0v) is 78.7. The van der Waals surface area contributed by atoms with Crippen LogP contribution in [0.5, 0.6) is 0 Å². The van der Waals surface area contributed by atoms with Gasteiger partial charge in [0.2, 0.25) is 35.4 Å². The maximum atomic E-state index is 13.3. The molecule has 11 heterocycles. The Hall–Kier alpha value is -5.79. The predicted molar refractivity (Wildman–Crippen MR) is 451 cm³/mol. The Labute approximate surface area is 830 Å². The molecule has 56 atom stereocenters. The van der Waals surface area contributed by atoms with Crippen LogP contribution in [0.15, 0.2) is 0 Å². The van der Waals surface area contributed by atoms with Gasteiger partial charge in [-0.25, -0.2) is 4.79 Å². The van der Waals surface area contributed by atoms with E-state index in [2.05, 4.69) is 31.9 Å². The SMILES string of the molecule is CC(=O)N[C@@H]1[C@@H](O[C@@H]2O[C@H](CO[C@@H]3O[C@H](CO)[C@@H](O[C@@H]4O[C@H](CO)[C@H](O)[C@H](O)[C@H]4O)[C@H](O)[C@H]3NC(C)=O)[C@H](O)[C@H](O[C@@H]3O[C@H](CO)[C@@H](O[C@@H]4O[C@H](CO)[C@H](O)[C@H](O[C@@H]5O[C@H](CO)[C@@H](O[C@@H]6O[C@H](CO)[C@H](O)[C@H](O[C@@H]7O[C@H](CO)[C@@H](O[C@@H]8O[C@H](CO)[C@H](O)[C@H](O[C@]9(C(=O)O)C[C@H](O)[C@@H](NC(=O)CO)[C@H]([C@H](O)[C@H](O)CO)O9)[C@H]8O)[C@H](O)[C@H]7NC(C)=O)[C@H]6O)[C@H](O)[C@H]5NC(C)=O)[C@H]4O)[C@H](O)[C@H]3NC(C)=O)[C@H]2O)[C@@H](O)[C@@H](CO)O[C@@H]1O. The molecule has 66 nitrogen and oxygen atoms in total. The highest BCUT2D eigenvalue weighted by Gasteiger charge is 2.65. The van der Waals surface area contributed by atoms with E-state index in [4.69, 9.17) is 99.5 Å². The number of ether oxygens (including phenoxy) is 21. The van der Waals surface area contributed by atoms with Gasteiger partial charge in [0, 0.05) is 41.0 Å². The second kappa shape index (κ2) is 53.1. The fourth-order valence-corrected chi connectivity index (χ4v) is 19.0. The van der Waals surface area contributed by atoms with Crippen LogP contribution in [0.1, 0.15) is 41.0 Å². The first-order valence-corrected chi connectivity index (χ1v) is 46.4. The molecule has 0 bridgehead atoms. The normalized spacial score (nSPS) is 46.8. The van der Waals surface area contributed by atoms with Crippen LogP contribution in [0.25, 0.3) is 0 Å². The summed E-state index contributed by atoms with van der Waals surface area (Å²) in [6.07, 6.45) is -108. The third-order valence-electron chi connectivity index (χ3n) is 26.5. The zero-order valence-electron chi connectivity index (χ0n) is 78.7. The van der Waals surface area contributed by atoms with Crippen LogP contribution in [0, 0.1) is 0 Å². The summed E-state index contributed by atoms with van der Waals surface area (Å²) in [6, 6.07) is -11.7. The van der Waals surface area contributed by atoms with Crippen molar-refractivity contribution in [3.63, 3.8) is 0 Å². The molecule has 0 spiro atoms. The van der Waals surface area contributed by atoms with E-state index < -0.39 is 470 Å². The standard InChI is InChI=1S/C81H134N6O60/c1-19(99)82-38-50(114)60(138-75-55(119)54(118)44(108)26(8-89)129-75)31(13-94)133-71(38)127-18-35-49(113)68(58(122)78(137-35)142-64-42(86-23(5)103)70(124)128-27(9-90)45(64)109)145-74-41(85-22(4)102)52(116)62(33(15-96)136-74)140-77-56(120)66(46(110)28(10-91)131-77)143-72-39(83-20(2)100)51(115)61(32(14-95)134-72)139-76-57(121)67(47(111)29(11-92)130-76)144-73-40(84-21(3)101)53(117)63(34(16-97)135-73)141-79-59(123)69(48(112)30(12-93)132-79)147-81(80(125)126)6-24(104)37(87-36(106)17-98)65(146-81)43(107)25(105)7-88/h24-35,37-79,88-98,104-105,107-124H,6-18H2,1-5H3,(H,82,99)(H,83,100)(H,84,101)(H,85,102)(H,86,103)(H,87,106)(H,125,126)/t24-,25+,26+,27+,28+,29+,30+,31+,32+,33+,34+,35+,37+,38+,39+,40+,41+,42+,43+,44-,45-,46-,47-,48-,49-,50+,51+,52+,53+,54-,55+,56+,57+,58+,59+,60+,61+,62+,63+,64+,65+,66-,67-,68-,69-,70-,71+,72-,73-,74-,75-,76-,77-,78-,79-,81-/m0/s1. The number of carboxylic acid groups (broad SMARTS) is 1. The fourth-order valence-electron chi connectivity index (χ4n) is 19.0. The summed E-state index contributed by atoms with van der Waals surface area (Å²) < 4.78 is 124. The first kappa shape index (κ1) is 121. The molecule has 0 aromatic rings. The van der Waals surface area contributed by atoms with Crippen LogP contribution in [-0.2, 0) is 133 Å². The Morgan fingerprint density at radius 2 is 0.571 bits per heavy atom. The smallest absolute Gasteiger partial charge is 0.364 e. The molecule has 11 rings (SSSR count). The first-order chi connectivity index (χ1) is 69.5. The van der Waals surface area contributed by atoms with E-state index >= 15 is 0 Å². The largest absolute Gasteiger partial charge is 0.477 e. The molecule has 848 valence electrons. The molecular weight excluding hydrogens is 2020 g/mol. The second-order valence-corrected chi connectivity index (χ2v) is 36.7. The van der Waals surface area contributed by atoms with Crippen LogP contribution in [0.4, 0.5) is 0 Å². The van der Waals surface area contributed by atoms with Crippen molar-refractivity contribution in [2.75, 3.05) is 79.3 Å². The Bertz CT molecular complexity index is 4180. The van der Waals surface area contributed by atoms with Crippen molar-refractivity contribution >= 4 is 41.4 Å². The van der Waals surface area contributed by atoms with Crippen LogP contribution in [0.2, 0.25) is 0 Å². The molecule has 0 saturated carbocycles. The number of carbonyl (C=O) groups is 7. The van der Waals surface area contributed by atoms with Gasteiger partial charge in [0.05, 0.1) is 84.8 Å². The molecule has 0 aromatic heterocycles. The molecule has 0 unspecified atom stereocenters. The number of aliphatic hydroxyl groups excluding tert-OH is 31. The van der Waals surface area contributed by atoms with Crippen molar-refractivity contribution in [2.45, 2.75) is 384 Å². The summed E-state index contributed by atoms with van der Waals surface area (Å²) in [7, 11) is 0. The molecule has 38 N–H and O–H groups in total. The van der Waals surface area contributed by atoms with E-state index in [-0.39, 0.29) is 0 Å². The van der Waals surface area contributed by atoms with E-state index in [1.165, 1.54) is 0 Å². The number of carbonyl (C=O) groups excluding carboxylic acids is 6. The van der Waals surface area contributed by atoms with Crippen molar-refractivity contribution in [1.29, 1.82) is 0 Å². The van der Waals surface area contributed by atoms with Gasteiger partial charge in [-0.1, -0.05) is 0 Å². The minimum atomic E-state index is -3.36. The molecule has 11 aliphatic rings. The molecular formula is C81H134N6O60. The van der Waals surface area contributed by atoms with Crippen LogP contribution in [-0.4, -0.2) is 627 Å². The average Bonchev–Trinajstić information content (AvgIpc) is 0.746. The first-order valence-electron chi connectivity index (χ1n) is 46.4. The highest BCUT2D eigenvalue weighted by Crippen LogP contribution is 2.44. The van der Waals surface area contributed by atoms with Crippen molar-refractivity contribution in [2.24, 2.45) is 0 Å². The van der Waals surface area contributed by atoms with Crippen LogP contribution < -0.4 is 31.9 Å². The molecule has 147 heavy (non-hydrogen) atoms. The minimum absolute atomic E-state index is 0.877. The molecule has 11 fully saturated rings. The van der Waals surface area contributed by atoms with Gasteiger partial charge in [-0.2, -0.15) is 0 Å². The molecule has 0 aliphatic carbocycles. The number of carboxylic acids is 1. The quantitative estimate of drug-likeness (QED) is 0.0270. The Morgan fingerprint density at radius 3 is 0.912 bits per heavy atom. The number of amides is 6. The molecule has 11 saturated heterocycles. The number of aliphatic carboxylic acids is 1. The van der Waals surface area contributed by atoms with E-state index in [1.807, 2.05) is 0 Å². The number of hydrogen-bond acceptors (Lipinski definition) is 59. The van der Waals surface area contributed by atoms with Crippen molar-refractivity contribution in [1.82, 2.24) is 31.9 Å². The zero-order chi connectivity index (χ0) is 109. The summed E-state index contributed by atoms with van der Waals surface area (Å²) >= 11 is 0. The lowest BCUT2D eigenvalue weighted by atomic mass is 9.88. The number of aliphatic hydroxyl groups is 31. The highest BCUT2D eigenvalue weighted by molar-refractivity contribution is 5.78. The second-order valence-electron chi connectivity index (χ2n) is 36.7. The van der Waals surface area contributed by atoms with Crippen LogP contribution >= 0.6 is 0 Å². The lowest BCUT2D eigenvalue weighted by Crippen LogP contribution is -2.71. The van der Waals surface area contributed by atoms with Crippen molar-refractivity contribution in [3.8, 4) is 0 Å². The summed E-state index contributed by atoms with van der Waals surface area (Å²) in [5.41, 5.74) is 0.